The van der Waals surface area contributed by atoms with Crippen LogP contribution in [0.15, 0.2) is 23.3 Å². The first kappa shape index (κ1) is 25.2. The number of aromatic nitrogens is 3. The second-order valence-electron chi connectivity index (χ2n) is 8.26. The average Bonchev–Trinajstić information content (AvgIpc) is 3.03. The van der Waals surface area contributed by atoms with E-state index in [0.717, 1.165) is 6.20 Å². The molecule has 2 aliphatic heterocycles. The fourth-order valence-electron chi connectivity index (χ4n) is 4.22. The normalized spacial score (nSPS) is 17.3. The molecule has 2 aliphatic rings. The topological polar surface area (TPSA) is 136 Å². The number of aromatic amines is 1. The molecule has 192 valence electrons. The summed E-state index contributed by atoms with van der Waals surface area (Å²) in [4.78, 5) is 32.4. The summed E-state index contributed by atoms with van der Waals surface area (Å²) in [5, 5.41) is 16.7. The number of hydrogen-bond donors (Lipinski definition) is 2. The Morgan fingerprint density at radius 3 is 2.94 bits per heavy atom. The van der Waals surface area contributed by atoms with Crippen molar-refractivity contribution in [2.24, 2.45) is 0 Å². The van der Waals surface area contributed by atoms with Gasteiger partial charge in [-0.15, -0.1) is 0 Å². The largest absolute Gasteiger partial charge is 0.490 e. The molecule has 0 saturated carbocycles. The average molecular weight is 507 g/mol. The van der Waals surface area contributed by atoms with Crippen LogP contribution in [-0.2, 0) is 15.7 Å². The van der Waals surface area contributed by atoms with Crippen LogP contribution >= 0.6 is 0 Å². The van der Waals surface area contributed by atoms with Crippen molar-refractivity contribution in [3.8, 4) is 11.8 Å². The minimum absolute atomic E-state index is 0.00305. The van der Waals surface area contributed by atoms with Crippen LogP contribution < -0.4 is 20.5 Å². The minimum Gasteiger partial charge on any atom is -0.490 e. The number of ether oxygens (including phenoxy) is 2. The van der Waals surface area contributed by atoms with E-state index >= 15 is 0 Å². The van der Waals surface area contributed by atoms with E-state index in [1.54, 1.807) is 16.1 Å². The molecular weight excluding hydrogens is 483 g/mol. The molecule has 0 aliphatic carbocycles. The second kappa shape index (κ2) is 10.8. The van der Waals surface area contributed by atoms with Crippen LogP contribution in [0.4, 0.5) is 24.7 Å². The Bertz CT molecular complexity index is 1200. The van der Waals surface area contributed by atoms with Crippen molar-refractivity contribution >= 4 is 17.4 Å². The zero-order chi connectivity index (χ0) is 25.7. The molecule has 1 fully saturated rings. The molecule has 1 saturated heterocycles. The SMILES string of the molecule is N#Cc1cnc2c(c1)OCCC1CN(C(=O)CCOCCNc3cn[nH]c(=O)c3C(F)(F)F)CCN21. The zero-order valence-electron chi connectivity index (χ0n) is 19.2. The van der Waals surface area contributed by atoms with Crippen molar-refractivity contribution in [2.45, 2.75) is 25.1 Å². The van der Waals surface area contributed by atoms with Crippen molar-refractivity contribution in [2.75, 3.05) is 56.2 Å². The van der Waals surface area contributed by atoms with Gasteiger partial charge in [-0.3, -0.25) is 9.59 Å². The maximum Gasteiger partial charge on any atom is 0.423 e. The van der Waals surface area contributed by atoms with Crippen LogP contribution in [0.5, 0.6) is 5.75 Å². The van der Waals surface area contributed by atoms with Gasteiger partial charge in [0.2, 0.25) is 5.91 Å². The number of pyridine rings is 1. The Morgan fingerprint density at radius 2 is 2.17 bits per heavy atom. The number of nitriles is 1. The summed E-state index contributed by atoms with van der Waals surface area (Å²) >= 11 is 0. The Labute approximate surface area is 203 Å². The highest BCUT2D eigenvalue weighted by Gasteiger charge is 2.37. The molecule has 4 heterocycles. The summed E-state index contributed by atoms with van der Waals surface area (Å²) in [7, 11) is 0. The molecule has 36 heavy (non-hydrogen) atoms. The molecule has 0 bridgehead atoms. The monoisotopic (exact) mass is 507 g/mol. The van der Waals surface area contributed by atoms with Gasteiger partial charge in [-0.2, -0.15) is 23.5 Å². The fourth-order valence-corrected chi connectivity index (χ4v) is 4.22. The summed E-state index contributed by atoms with van der Waals surface area (Å²) < 4.78 is 50.3. The molecular formula is C22H24F3N7O4. The van der Waals surface area contributed by atoms with Gasteiger partial charge in [-0.25, -0.2) is 10.1 Å². The van der Waals surface area contributed by atoms with E-state index in [9.17, 15) is 22.8 Å². The zero-order valence-corrected chi connectivity index (χ0v) is 19.2. The number of fused-ring (bicyclic) bond motifs is 3. The number of amides is 1. The molecule has 0 radical (unpaired) electrons. The Balaban J connectivity index is 1.22. The summed E-state index contributed by atoms with van der Waals surface area (Å²) in [6.45, 7) is 2.16. The van der Waals surface area contributed by atoms with Gasteiger partial charge in [0, 0.05) is 44.9 Å². The standard InChI is InChI=1S/C22H24F3N7O4/c23-22(24,25)19-16(12-29-30-21(19)34)27-3-8-35-6-2-18(33)31-4-5-32-15(13-31)1-7-36-17-9-14(10-26)11-28-20(17)32/h9,11-12,15H,1-8,13H2,(H2,27,30,34). The predicted octanol–water partition coefficient (Wildman–Crippen LogP) is 1.37. The smallest absolute Gasteiger partial charge is 0.423 e. The number of rotatable bonds is 7. The summed E-state index contributed by atoms with van der Waals surface area (Å²) in [6, 6.07) is 3.75. The van der Waals surface area contributed by atoms with E-state index in [4.69, 9.17) is 14.7 Å². The quantitative estimate of drug-likeness (QED) is 0.533. The first-order chi connectivity index (χ1) is 17.3. The summed E-state index contributed by atoms with van der Waals surface area (Å²) in [5.74, 6) is 1.15. The molecule has 1 amide bonds. The molecule has 1 atom stereocenters. The van der Waals surface area contributed by atoms with Gasteiger partial charge < -0.3 is 24.6 Å². The first-order valence-corrected chi connectivity index (χ1v) is 11.3. The molecule has 1 unspecified atom stereocenters. The third kappa shape index (κ3) is 5.68. The number of carbonyl (C=O) groups excluding carboxylic acids is 1. The van der Waals surface area contributed by atoms with Crippen LogP contribution in [0, 0.1) is 11.3 Å². The van der Waals surface area contributed by atoms with Crippen molar-refractivity contribution < 1.29 is 27.4 Å². The number of halogens is 3. The number of H-pyrrole nitrogens is 1. The number of nitrogens with one attached hydrogen (secondary N) is 2. The van der Waals surface area contributed by atoms with Gasteiger partial charge in [0.05, 0.1) is 49.7 Å². The van der Waals surface area contributed by atoms with Crippen LogP contribution in [0.1, 0.15) is 24.0 Å². The van der Waals surface area contributed by atoms with Gasteiger partial charge in [-0.1, -0.05) is 0 Å². The highest BCUT2D eigenvalue weighted by Crippen LogP contribution is 2.33. The third-order valence-corrected chi connectivity index (χ3v) is 5.94. The first-order valence-electron chi connectivity index (χ1n) is 11.3. The van der Waals surface area contributed by atoms with Crippen LogP contribution in [-0.4, -0.2) is 78.0 Å². The lowest BCUT2D eigenvalue weighted by atomic mass is 10.1. The minimum atomic E-state index is -4.82. The molecule has 0 aromatic carbocycles. The maximum atomic E-state index is 13.0. The molecule has 2 N–H and O–H groups in total. The predicted molar refractivity (Wildman–Crippen MR) is 121 cm³/mol. The number of piperazine rings is 1. The lowest BCUT2D eigenvalue weighted by Gasteiger charge is -2.41. The number of carbonyl (C=O) groups is 1. The van der Waals surface area contributed by atoms with E-state index < -0.39 is 23.0 Å². The fraction of sp³-hybridized carbons (Fsp3) is 0.500. The Morgan fingerprint density at radius 1 is 1.33 bits per heavy atom. The summed E-state index contributed by atoms with van der Waals surface area (Å²) in [5.41, 5.74) is -2.69. The van der Waals surface area contributed by atoms with Crippen molar-refractivity contribution in [3.05, 3.63) is 39.9 Å². The molecule has 2 aromatic heterocycles. The van der Waals surface area contributed by atoms with Gasteiger partial charge in [0.1, 0.15) is 11.6 Å². The lowest BCUT2D eigenvalue weighted by Crippen LogP contribution is -2.55. The lowest BCUT2D eigenvalue weighted by molar-refractivity contribution is -0.138. The highest BCUT2D eigenvalue weighted by atomic mass is 19.4. The third-order valence-electron chi connectivity index (χ3n) is 5.94. The second-order valence-corrected chi connectivity index (χ2v) is 8.26. The summed E-state index contributed by atoms with van der Waals surface area (Å²) in [6.07, 6.45) is -1.60. The molecule has 4 rings (SSSR count). The number of alkyl halides is 3. The van der Waals surface area contributed by atoms with Gasteiger partial charge >= 0.3 is 6.18 Å². The Hall–Kier alpha value is -3.86. The van der Waals surface area contributed by atoms with E-state index in [1.165, 1.54) is 6.20 Å². The number of anilines is 2. The van der Waals surface area contributed by atoms with Crippen LogP contribution in [0.3, 0.4) is 0 Å². The van der Waals surface area contributed by atoms with Crippen LogP contribution in [0.25, 0.3) is 0 Å². The number of hydrogen-bond acceptors (Lipinski definition) is 9. The van der Waals surface area contributed by atoms with E-state index in [2.05, 4.69) is 26.4 Å². The number of nitrogens with zero attached hydrogens (tertiary/aromatic N) is 5. The van der Waals surface area contributed by atoms with Gasteiger partial charge in [-0.05, 0) is 0 Å². The van der Waals surface area contributed by atoms with Gasteiger partial charge in [0.25, 0.3) is 5.56 Å². The molecule has 11 nitrogen and oxygen atoms in total. The highest BCUT2D eigenvalue weighted by molar-refractivity contribution is 5.76. The van der Waals surface area contributed by atoms with Crippen molar-refractivity contribution in [3.63, 3.8) is 0 Å². The van der Waals surface area contributed by atoms with E-state index in [1.807, 2.05) is 0 Å². The van der Waals surface area contributed by atoms with E-state index in [-0.39, 0.29) is 38.1 Å². The van der Waals surface area contributed by atoms with Crippen LogP contribution in [0.2, 0.25) is 0 Å². The van der Waals surface area contributed by atoms with Crippen molar-refractivity contribution in [1.29, 1.82) is 5.26 Å². The van der Waals surface area contributed by atoms with Crippen molar-refractivity contribution in [1.82, 2.24) is 20.1 Å². The molecule has 0 spiro atoms. The van der Waals surface area contributed by atoms with E-state index in [0.29, 0.717) is 49.8 Å². The molecule has 14 heteroatoms. The maximum absolute atomic E-state index is 13.0. The van der Waals surface area contributed by atoms with Gasteiger partial charge in [0.15, 0.2) is 11.6 Å². The molecule has 2 aromatic rings. The Kier molecular flexibility index (Phi) is 7.58.